The fourth-order valence-corrected chi connectivity index (χ4v) is 4.28. The van der Waals surface area contributed by atoms with Gasteiger partial charge < -0.3 is 9.84 Å². The van der Waals surface area contributed by atoms with Crippen molar-refractivity contribution in [3.8, 4) is 5.75 Å². The molecule has 1 aliphatic rings. The first-order chi connectivity index (χ1) is 8.96. The van der Waals surface area contributed by atoms with Crippen LogP contribution < -0.4 is 0 Å². The number of nitrogens with zero attached hydrogens (tertiary/aromatic N) is 1. The summed E-state index contributed by atoms with van der Waals surface area (Å²) in [4.78, 5) is 0.182. The first-order valence-corrected chi connectivity index (χ1v) is 7.86. The van der Waals surface area contributed by atoms with Gasteiger partial charge in [0.1, 0.15) is 11.5 Å². The van der Waals surface area contributed by atoms with Crippen molar-refractivity contribution in [2.45, 2.75) is 37.3 Å². The lowest BCUT2D eigenvalue weighted by Crippen LogP contribution is -2.47. The topological polar surface area (TPSA) is 66.8 Å². The molecule has 1 aromatic carbocycles. The fraction of sp³-hybridized carbons (Fsp3) is 0.538. The van der Waals surface area contributed by atoms with E-state index < -0.39 is 15.7 Å². The summed E-state index contributed by atoms with van der Waals surface area (Å²) in [6.07, 6.45) is 1.22. The Morgan fingerprint density at radius 3 is 2.37 bits per heavy atom. The van der Waals surface area contributed by atoms with Crippen LogP contribution in [0.15, 0.2) is 29.2 Å². The van der Waals surface area contributed by atoms with Crippen LogP contribution in [0.1, 0.15) is 26.7 Å². The number of aromatic hydroxyl groups is 1. The summed E-state index contributed by atoms with van der Waals surface area (Å²) in [6, 6.07) is 5.59. The molecule has 6 heteroatoms. The number of ether oxygens (including phenoxy) is 1. The van der Waals surface area contributed by atoms with Crippen molar-refractivity contribution in [2.24, 2.45) is 0 Å². The molecule has 0 bridgehead atoms. The quantitative estimate of drug-likeness (QED) is 0.918. The summed E-state index contributed by atoms with van der Waals surface area (Å²) in [6.45, 7) is 4.63. The van der Waals surface area contributed by atoms with Gasteiger partial charge in [0.2, 0.25) is 10.0 Å². The van der Waals surface area contributed by atoms with Crippen molar-refractivity contribution in [1.82, 2.24) is 4.31 Å². The van der Waals surface area contributed by atoms with E-state index in [1.165, 1.54) is 28.6 Å². The normalized spacial score (nSPS) is 19.7. The monoisotopic (exact) mass is 285 g/mol. The van der Waals surface area contributed by atoms with E-state index in [1.54, 1.807) is 0 Å². The minimum atomic E-state index is -3.59. The fourth-order valence-electron chi connectivity index (χ4n) is 2.49. The molecule has 19 heavy (non-hydrogen) atoms. The zero-order chi connectivity index (χ0) is 14.1. The molecule has 5 nitrogen and oxygen atoms in total. The van der Waals surface area contributed by atoms with E-state index in [2.05, 4.69) is 0 Å². The number of benzene rings is 1. The second-order valence-electron chi connectivity index (χ2n) is 4.57. The van der Waals surface area contributed by atoms with Gasteiger partial charge in [0.05, 0.1) is 11.5 Å². The van der Waals surface area contributed by atoms with Crippen molar-refractivity contribution >= 4 is 10.0 Å². The Morgan fingerprint density at radius 2 is 1.84 bits per heavy atom. The predicted molar refractivity (Wildman–Crippen MR) is 71.3 cm³/mol. The molecule has 0 unspecified atom stereocenters. The van der Waals surface area contributed by atoms with Crippen molar-refractivity contribution in [3.63, 3.8) is 0 Å². The van der Waals surface area contributed by atoms with Crippen molar-refractivity contribution in [1.29, 1.82) is 0 Å². The number of hydrogen-bond acceptors (Lipinski definition) is 4. The van der Waals surface area contributed by atoms with E-state index >= 15 is 0 Å². The van der Waals surface area contributed by atoms with E-state index in [0.717, 1.165) is 0 Å². The third-order valence-electron chi connectivity index (χ3n) is 3.65. The molecule has 1 N–H and O–H groups in total. The highest BCUT2D eigenvalue weighted by atomic mass is 32.2. The van der Waals surface area contributed by atoms with Crippen LogP contribution >= 0.6 is 0 Å². The van der Waals surface area contributed by atoms with Gasteiger partial charge in [-0.15, -0.1) is 0 Å². The molecular formula is C13H19NO4S. The molecule has 1 aliphatic heterocycles. The molecule has 0 spiro atoms. The molecule has 2 rings (SSSR count). The molecule has 0 radical (unpaired) electrons. The van der Waals surface area contributed by atoms with Crippen molar-refractivity contribution < 1.29 is 18.3 Å². The Balaban J connectivity index is 2.42. The first kappa shape index (κ1) is 14.3. The zero-order valence-electron chi connectivity index (χ0n) is 11.2. The first-order valence-electron chi connectivity index (χ1n) is 6.42. The highest BCUT2D eigenvalue weighted by Crippen LogP contribution is 2.35. The van der Waals surface area contributed by atoms with Crippen LogP contribution in [-0.4, -0.2) is 36.7 Å². The second kappa shape index (κ2) is 5.11. The molecule has 1 heterocycles. The van der Waals surface area contributed by atoms with Gasteiger partial charge in [-0.25, -0.2) is 8.42 Å². The average molecular weight is 285 g/mol. The summed E-state index contributed by atoms with van der Waals surface area (Å²) in [5, 5.41) is 9.25. The summed E-state index contributed by atoms with van der Waals surface area (Å²) in [5.41, 5.74) is -0.739. The molecule has 0 aromatic heterocycles. The number of phenolic OH excluding ortho intramolecular Hbond substituents is 1. The Kier molecular flexibility index (Phi) is 3.85. The number of sulfonamides is 1. The van der Waals surface area contributed by atoms with E-state index in [4.69, 9.17) is 4.74 Å². The standard InChI is InChI=1S/C13H19NO4S/c1-3-13(4-2)14(9-10-18-13)19(16,17)12-7-5-11(15)6-8-12/h5-8,15H,3-4,9-10H2,1-2H3. The van der Waals surface area contributed by atoms with Gasteiger partial charge >= 0.3 is 0 Å². The molecule has 0 amide bonds. The van der Waals surface area contributed by atoms with Crippen molar-refractivity contribution in [2.75, 3.05) is 13.2 Å². The highest BCUT2D eigenvalue weighted by molar-refractivity contribution is 7.89. The molecule has 0 aliphatic carbocycles. The molecule has 0 atom stereocenters. The van der Waals surface area contributed by atoms with E-state index in [0.29, 0.717) is 26.0 Å². The van der Waals surface area contributed by atoms with Crippen LogP contribution in [0.3, 0.4) is 0 Å². The SMILES string of the molecule is CCC1(CC)OCCN1S(=O)(=O)c1ccc(O)cc1. The molecule has 106 valence electrons. The van der Waals surface area contributed by atoms with Crippen LogP contribution in [0.5, 0.6) is 5.75 Å². The zero-order valence-corrected chi connectivity index (χ0v) is 12.0. The van der Waals surface area contributed by atoms with Gasteiger partial charge in [0.15, 0.2) is 0 Å². The molecular weight excluding hydrogens is 266 g/mol. The van der Waals surface area contributed by atoms with Gasteiger partial charge in [-0.3, -0.25) is 0 Å². The Labute approximate surface area is 113 Å². The van der Waals surface area contributed by atoms with Gasteiger partial charge in [0, 0.05) is 6.54 Å². The van der Waals surface area contributed by atoms with Gasteiger partial charge in [-0.1, -0.05) is 13.8 Å². The summed E-state index contributed by atoms with van der Waals surface area (Å²) in [5.74, 6) is 0.0499. The number of hydrogen-bond donors (Lipinski definition) is 1. The third kappa shape index (κ3) is 2.35. The van der Waals surface area contributed by atoms with Crippen LogP contribution in [0.2, 0.25) is 0 Å². The summed E-state index contributed by atoms with van der Waals surface area (Å²) < 4.78 is 32.4. The molecule has 0 saturated carbocycles. The number of rotatable bonds is 4. The van der Waals surface area contributed by atoms with Crippen LogP contribution in [0.25, 0.3) is 0 Å². The number of phenols is 1. The lowest BCUT2D eigenvalue weighted by molar-refractivity contribution is -0.0546. The molecule has 1 aromatic rings. The third-order valence-corrected chi connectivity index (χ3v) is 5.61. The second-order valence-corrected chi connectivity index (χ2v) is 6.44. The van der Waals surface area contributed by atoms with Gasteiger partial charge in [-0.05, 0) is 37.1 Å². The smallest absolute Gasteiger partial charge is 0.245 e. The summed E-state index contributed by atoms with van der Waals surface area (Å²) in [7, 11) is -3.59. The summed E-state index contributed by atoms with van der Waals surface area (Å²) >= 11 is 0. The average Bonchev–Trinajstić information content (AvgIpc) is 2.84. The van der Waals surface area contributed by atoms with Crippen LogP contribution in [-0.2, 0) is 14.8 Å². The minimum absolute atomic E-state index is 0.0499. The van der Waals surface area contributed by atoms with Crippen molar-refractivity contribution in [3.05, 3.63) is 24.3 Å². The lowest BCUT2D eigenvalue weighted by atomic mass is 10.1. The van der Waals surface area contributed by atoms with E-state index in [1.807, 2.05) is 13.8 Å². The predicted octanol–water partition coefficient (Wildman–Crippen LogP) is 1.93. The van der Waals surface area contributed by atoms with Crippen LogP contribution in [0.4, 0.5) is 0 Å². The molecule has 1 fully saturated rings. The van der Waals surface area contributed by atoms with E-state index in [9.17, 15) is 13.5 Å². The van der Waals surface area contributed by atoms with Crippen LogP contribution in [0, 0.1) is 0 Å². The van der Waals surface area contributed by atoms with E-state index in [-0.39, 0.29) is 10.6 Å². The molecule has 1 saturated heterocycles. The van der Waals surface area contributed by atoms with Gasteiger partial charge in [-0.2, -0.15) is 4.31 Å². The largest absolute Gasteiger partial charge is 0.508 e. The Bertz CT molecular complexity index is 534. The van der Waals surface area contributed by atoms with Gasteiger partial charge in [0.25, 0.3) is 0 Å². The minimum Gasteiger partial charge on any atom is -0.508 e. The maximum absolute atomic E-state index is 12.6. The Morgan fingerprint density at radius 1 is 1.26 bits per heavy atom. The maximum Gasteiger partial charge on any atom is 0.245 e. The lowest BCUT2D eigenvalue weighted by Gasteiger charge is -2.34. The highest BCUT2D eigenvalue weighted by Gasteiger charge is 2.46. The maximum atomic E-state index is 12.6. The Hall–Kier alpha value is -1.11.